The van der Waals surface area contributed by atoms with Gasteiger partial charge in [0.15, 0.2) is 13.4 Å². The van der Waals surface area contributed by atoms with Crippen molar-refractivity contribution in [3.8, 4) is 0 Å². The maximum Gasteiger partial charge on any atom is 2.00 e. The Bertz CT molecular complexity index is 976. The van der Waals surface area contributed by atoms with Gasteiger partial charge in [-0.15, -0.1) is 0 Å². The van der Waals surface area contributed by atoms with E-state index in [4.69, 9.17) is 0 Å². The average molecular weight is 535 g/mol. The number of pyridine rings is 1. The minimum Gasteiger partial charge on any atom is -0.385 e. The Morgan fingerprint density at radius 3 is 1.11 bits per heavy atom. The number of benzene rings is 2. The van der Waals surface area contributed by atoms with Crippen LogP contribution in [0.2, 0.25) is 0 Å². The molecule has 0 atom stereocenters. The van der Waals surface area contributed by atoms with E-state index in [1.54, 1.807) is 0 Å². The number of aliphatic imine (C=N–C) groups is 2. The van der Waals surface area contributed by atoms with Crippen molar-refractivity contribution in [3.63, 3.8) is 0 Å². The van der Waals surface area contributed by atoms with Crippen LogP contribution in [0.3, 0.4) is 0 Å². The van der Waals surface area contributed by atoms with Crippen LogP contribution in [0.25, 0.3) is 0 Å². The third-order valence-electron chi connectivity index (χ3n) is 4.32. The normalized spacial score (nSPS) is 10.6. The summed E-state index contributed by atoms with van der Waals surface area (Å²) in [7, 11) is 0. The van der Waals surface area contributed by atoms with Crippen LogP contribution in [0.15, 0.2) is 64.6 Å². The van der Waals surface area contributed by atoms with E-state index in [9.17, 15) is 26.3 Å². The number of hydrogen-bond donors (Lipinski definition) is 0. The van der Waals surface area contributed by atoms with Crippen LogP contribution in [0, 0.1) is 41.1 Å². The third kappa shape index (κ3) is 12.9. The Hall–Kier alpha value is -2.97. The first-order valence-electron chi connectivity index (χ1n) is 9.85. The number of aryl methyl sites for hydroxylation is 4. The Kier molecular flexibility index (Phi) is 15.2. The molecule has 0 aliphatic heterocycles. The van der Waals surface area contributed by atoms with Gasteiger partial charge in [0.2, 0.25) is 0 Å². The molecular formula is C25H23F6FeN3. The van der Waals surface area contributed by atoms with Crippen molar-refractivity contribution in [3.05, 3.63) is 102 Å². The van der Waals surface area contributed by atoms with Crippen LogP contribution in [-0.4, -0.2) is 17.4 Å². The summed E-state index contributed by atoms with van der Waals surface area (Å²) in [5.74, 6) is 0. The summed E-state index contributed by atoms with van der Waals surface area (Å²) in [6.07, 6.45) is 3.62. The molecule has 0 fully saturated rings. The number of rotatable bonds is 4. The van der Waals surface area contributed by atoms with Crippen molar-refractivity contribution in [1.29, 1.82) is 0 Å². The largest absolute Gasteiger partial charge is 2.00 e. The number of nitrogens with zero attached hydrogens (tertiary/aromatic N) is 3. The molecule has 1 aromatic heterocycles. The fraction of sp³-hybridized carbons (Fsp3) is 0.160. The van der Waals surface area contributed by atoms with Gasteiger partial charge in [-0.2, -0.15) is 0 Å². The Balaban J connectivity index is 0.00000112. The van der Waals surface area contributed by atoms with Gasteiger partial charge in [-0.3, -0.25) is 9.98 Å². The van der Waals surface area contributed by atoms with E-state index in [0.717, 1.165) is 45.0 Å². The van der Waals surface area contributed by atoms with E-state index in [0.29, 0.717) is 0 Å². The smallest absolute Gasteiger partial charge is 0.385 e. The molecule has 0 radical (unpaired) electrons. The number of hydrogen-bond acceptors (Lipinski definition) is 3. The molecule has 0 aliphatic rings. The summed E-state index contributed by atoms with van der Waals surface area (Å²) >= 11 is 0. The fourth-order valence-electron chi connectivity index (χ4n) is 2.89. The number of aromatic nitrogens is 1. The van der Waals surface area contributed by atoms with Gasteiger partial charge in [-0.1, -0.05) is 42.5 Å². The Labute approximate surface area is 211 Å². The van der Waals surface area contributed by atoms with Crippen LogP contribution in [0.5, 0.6) is 0 Å². The maximum absolute atomic E-state index is 9.58. The topological polar surface area (TPSA) is 37.6 Å². The van der Waals surface area contributed by atoms with E-state index < -0.39 is 13.4 Å². The summed E-state index contributed by atoms with van der Waals surface area (Å²) in [4.78, 5) is 13.9. The van der Waals surface area contributed by atoms with Crippen LogP contribution < -0.4 is 0 Å². The Morgan fingerprint density at radius 1 is 0.571 bits per heavy atom. The van der Waals surface area contributed by atoms with Gasteiger partial charge in [0.05, 0.1) is 35.2 Å². The van der Waals surface area contributed by atoms with E-state index in [-0.39, 0.29) is 17.1 Å². The summed E-state index contributed by atoms with van der Waals surface area (Å²) in [5.41, 5.74) is 8.29. The fourth-order valence-corrected chi connectivity index (χ4v) is 2.89. The van der Waals surface area contributed by atoms with E-state index in [2.05, 4.69) is 66.9 Å². The molecule has 35 heavy (non-hydrogen) atoms. The van der Waals surface area contributed by atoms with E-state index >= 15 is 0 Å². The summed E-state index contributed by atoms with van der Waals surface area (Å²) in [6, 6.07) is 18.3. The first-order chi connectivity index (χ1) is 16.0. The molecular weight excluding hydrogens is 512 g/mol. The molecule has 0 N–H and O–H groups in total. The van der Waals surface area contributed by atoms with Gasteiger partial charge in [-0.25, -0.2) is 4.98 Å². The zero-order valence-corrected chi connectivity index (χ0v) is 20.4. The quantitative estimate of drug-likeness (QED) is 0.143. The van der Waals surface area contributed by atoms with E-state index in [1.165, 1.54) is 0 Å². The molecule has 0 spiro atoms. The molecule has 2 aromatic carbocycles. The van der Waals surface area contributed by atoms with Gasteiger partial charge >= 0.3 is 17.1 Å². The minimum absolute atomic E-state index is 0. The van der Waals surface area contributed by atoms with Gasteiger partial charge in [0, 0.05) is 0 Å². The molecule has 3 rings (SSSR count). The van der Waals surface area contributed by atoms with Gasteiger partial charge in [-0.05, 0) is 62.1 Å². The van der Waals surface area contributed by atoms with Gasteiger partial charge < -0.3 is 26.3 Å². The molecule has 0 unspecified atom stereocenters. The molecule has 0 aliphatic carbocycles. The van der Waals surface area contributed by atoms with E-state index in [1.807, 2.05) is 42.8 Å². The van der Waals surface area contributed by atoms with Crippen molar-refractivity contribution in [2.75, 3.05) is 0 Å². The molecule has 0 bridgehead atoms. The third-order valence-corrected chi connectivity index (χ3v) is 4.32. The number of para-hydroxylation sites is 2. The SMILES string of the molecule is Cc1cccc(C)c1N=Cc1cccc(C=Nc2c(C)cccc2C)n1.F[C-](F)F.F[C-](F)F.[Fe+2]. The van der Waals surface area contributed by atoms with Crippen molar-refractivity contribution in [2.24, 2.45) is 9.98 Å². The van der Waals surface area contributed by atoms with Gasteiger partial charge in [0.1, 0.15) is 0 Å². The molecule has 0 saturated heterocycles. The van der Waals surface area contributed by atoms with Crippen LogP contribution in [-0.2, 0) is 17.1 Å². The predicted octanol–water partition coefficient (Wildman–Crippen LogP) is 8.50. The average Bonchev–Trinajstić information content (AvgIpc) is 2.73. The molecule has 0 amide bonds. The predicted molar refractivity (Wildman–Crippen MR) is 124 cm³/mol. The van der Waals surface area contributed by atoms with Crippen molar-refractivity contribution in [1.82, 2.24) is 4.98 Å². The van der Waals surface area contributed by atoms with Crippen molar-refractivity contribution in [2.45, 2.75) is 27.7 Å². The molecule has 1 heterocycles. The van der Waals surface area contributed by atoms with Crippen LogP contribution in [0.1, 0.15) is 33.6 Å². The molecule has 3 nitrogen and oxygen atoms in total. The zero-order chi connectivity index (χ0) is 25.7. The number of halogens is 6. The first kappa shape index (κ1) is 32.0. The molecule has 3 aromatic rings. The standard InChI is InChI=1S/C23H23N3.2CF3.Fe/c1-16-8-5-9-17(2)22(16)24-14-20-12-7-13-21(26-20)15-25-23-18(3)10-6-11-19(23)4;2*2-1(3)4;/h5-15H,1-4H3;;;/q;2*-1;+2. The molecule has 0 saturated carbocycles. The monoisotopic (exact) mass is 535 g/mol. The maximum atomic E-state index is 9.58. The second-order valence-electron chi connectivity index (χ2n) is 6.91. The summed E-state index contributed by atoms with van der Waals surface area (Å²) in [6.45, 7) is 2.11. The Morgan fingerprint density at radius 2 is 0.829 bits per heavy atom. The first-order valence-corrected chi connectivity index (χ1v) is 9.85. The molecule has 10 heteroatoms. The van der Waals surface area contributed by atoms with Crippen molar-refractivity contribution >= 4 is 23.8 Å². The van der Waals surface area contributed by atoms with Crippen LogP contribution >= 0.6 is 0 Å². The summed E-state index contributed by atoms with van der Waals surface area (Å²) in [5, 5.41) is 0. The summed E-state index contributed by atoms with van der Waals surface area (Å²) < 4.78 is 57.5. The second kappa shape index (κ2) is 16.6. The van der Waals surface area contributed by atoms with Crippen molar-refractivity contribution < 1.29 is 43.4 Å². The second-order valence-corrected chi connectivity index (χ2v) is 6.91. The zero-order valence-electron chi connectivity index (χ0n) is 19.3. The minimum atomic E-state index is -3.08. The molecule has 188 valence electrons. The van der Waals surface area contributed by atoms with Crippen LogP contribution in [0.4, 0.5) is 37.7 Å². The van der Waals surface area contributed by atoms with Gasteiger partial charge in [0.25, 0.3) is 0 Å².